The van der Waals surface area contributed by atoms with E-state index >= 15 is 0 Å². The van der Waals surface area contributed by atoms with Gasteiger partial charge in [0.25, 0.3) is 10.1 Å². The first-order valence-corrected chi connectivity index (χ1v) is 12.0. The lowest BCUT2D eigenvalue weighted by Gasteiger charge is -2.12. The lowest BCUT2D eigenvalue weighted by molar-refractivity contribution is 0.218. The van der Waals surface area contributed by atoms with Gasteiger partial charge in [0.05, 0.1) is 6.26 Å². The number of hydrogen-bond acceptors (Lipinski definition) is 9. The Bertz CT molecular complexity index is 1410. The summed E-state index contributed by atoms with van der Waals surface area (Å²) in [5.41, 5.74) is 2.79. The molecule has 2 N–H and O–H groups in total. The minimum Gasteiger partial charge on any atom is -0.489 e. The number of ether oxygens (including phenoxy) is 2. The average molecular weight is 488 g/mol. The van der Waals surface area contributed by atoms with Gasteiger partial charge in [-0.1, -0.05) is 12.1 Å². The van der Waals surface area contributed by atoms with Gasteiger partial charge in [-0.05, 0) is 48.4 Å². The molecule has 0 bridgehead atoms. The Morgan fingerprint density at radius 2 is 1.94 bits per heavy atom. The van der Waals surface area contributed by atoms with Crippen LogP contribution in [0.2, 0.25) is 0 Å². The highest BCUT2D eigenvalue weighted by Gasteiger charge is 2.15. The molecule has 2 aromatic heterocycles. The van der Waals surface area contributed by atoms with E-state index in [1.165, 1.54) is 18.5 Å². The first kappa shape index (κ1) is 23.4. The van der Waals surface area contributed by atoms with Gasteiger partial charge in [-0.15, -0.1) is 5.10 Å². The molecule has 4 rings (SSSR count). The van der Waals surface area contributed by atoms with Crippen LogP contribution in [-0.2, 0) is 20.9 Å². The third-order valence-electron chi connectivity index (χ3n) is 4.67. The number of aryl methyl sites for hydroxylation is 1. The van der Waals surface area contributed by atoms with Gasteiger partial charge in [0, 0.05) is 5.69 Å². The molecule has 12 heteroatoms. The molecule has 0 aliphatic carbocycles. The van der Waals surface area contributed by atoms with Crippen molar-refractivity contribution in [3.63, 3.8) is 0 Å². The number of benzene rings is 2. The van der Waals surface area contributed by atoms with E-state index < -0.39 is 10.1 Å². The van der Waals surface area contributed by atoms with E-state index in [4.69, 9.17) is 9.47 Å². The van der Waals surface area contributed by atoms with Gasteiger partial charge >= 0.3 is 0 Å². The molecule has 0 atom stereocenters. The Hall–Kier alpha value is -3.77. The fourth-order valence-electron chi connectivity index (χ4n) is 3.17. The van der Waals surface area contributed by atoms with Crippen LogP contribution in [0.1, 0.15) is 11.1 Å². The van der Waals surface area contributed by atoms with Crippen molar-refractivity contribution in [2.45, 2.75) is 13.5 Å². The topological polar surface area (TPSA) is 128 Å². The third-order valence-corrected chi connectivity index (χ3v) is 5.26. The van der Waals surface area contributed by atoms with Gasteiger partial charge < -0.3 is 14.8 Å². The maximum absolute atomic E-state index is 13.4. The van der Waals surface area contributed by atoms with Gasteiger partial charge in [-0.3, -0.25) is 9.28 Å². The molecule has 0 aliphatic rings. The van der Waals surface area contributed by atoms with E-state index in [0.717, 1.165) is 23.1 Å². The number of aromatic nitrogens is 4. The molecule has 0 radical (unpaired) electrons. The van der Waals surface area contributed by atoms with Crippen molar-refractivity contribution in [2.24, 2.45) is 0 Å². The van der Waals surface area contributed by atoms with Crippen LogP contribution in [0, 0.1) is 12.7 Å². The summed E-state index contributed by atoms with van der Waals surface area (Å²) in [6, 6.07) is 11.8. The summed E-state index contributed by atoms with van der Waals surface area (Å²) in [6.07, 6.45) is 2.34. The Labute approximate surface area is 195 Å². The largest absolute Gasteiger partial charge is 0.489 e. The van der Waals surface area contributed by atoms with Crippen LogP contribution in [0.5, 0.6) is 11.6 Å². The maximum Gasteiger partial charge on any atom is 0.264 e. The van der Waals surface area contributed by atoms with Crippen LogP contribution in [-0.4, -0.2) is 48.1 Å². The Morgan fingerprint density at radius 3 is 2.71 bits per heavy atom. The van der Waals surface area contributed by atoms with E-state index in [-0.39, 0.29) is 31.5 Å². The number of H-pyrrole nitrogens is 1. The van der Waals surface area contributed by atoms with Crippen LogP contribution in [0.15, 0.2) is 48.8 Å². The molecule has 0 amide bonds. The monoisotopic (exact) mass is 487 g/mol. The van der Waals surface area contributed by atoms with Crippen LogP contribution < -0.4 is 14.8 Å². The highest BCUT2D eigenvalue weighted by molar-refractivity contribution is 7.85. The van der Waals surface area contributed by atoms with Crippen molar-refractivity contribution in [1.29, 1.82) is 0 Å². The fourth-order valence-corrected chi connectivity index (χ4v) is 3.54. The van der Waals surface area contributed by atoms with Crippen LogP contribution in [0.25, 0.3) is 11.0 Å². The second-order valence-electron chi connectivity index (χ2n) is 7.37. The number of halogens is 1. The van der Waals surface area contributed by atoms with Crippen molar-refractivity contribution >= 4 is 32.7 Å². The van der Waals surface area contributed by atoms with E-state index in [1.54, 1.807) is 12.1 Å². The zero-order valence-corrected chi connectivity index (χ0v) is 19.2. The number of hydrogen-bond donors (Lipinski definition) is 2. The highest BCUT2D eigenvalue weighted by atomic mass is 32.2. The minimum atomic E-state index is -3.56. The molecule has 34 heavy (non-hydrogen) atoms. The molecule has 10 nitrogen and oxygen atoms in total. The van der Waals surface area contributed by atoms with Crippen molar-refractivity contribution in [1.82, 2.24) is 20.2 Å². The molecule has 0 fully saturated rings. The molecular weight excluding hydrogens is 465 g/mol. The van der Waals surface area contributed by atoms with Gasteiger partial charge in [-0.2, -0.15) is 8.42 Å². The second-order valence-corrected chi connectivity index (χ2v) is 9.02. The van der Waals surface area contributed by atoms with Crippen molar-refractivity contribution in [2.75, 3.05) is 24.8 Å². The smallest absolute Gasteiger partial charge is 0.264 e. The average Bonchev–Trinajstić information content (AvgIpc) is 3.20. The summed E-state index contributed by atoms with van der Waals surface area (Å²) in [7, 11) is -3.56. The minimum absolute atomic E-state index is 0.0299. The van der Waals surface area contributed by atoms with E-state index in [2.05, 4.69) is 29.7 Å². The molecule has 0 saturated carbocycles. The molecule has 2 heterocycles. The van der Waals surface area contributed by atoms with Crippen LogP contribution >= 0.6 is 0 Å². The zero-order chi connectivity index (χ0) is 24.1. The maximum atomic E-state index is 13.4. The summed E-state index contributed by atoms with van der Waals surface area (Å²) < 4.78 is 51.6. The molecule has 2 aromatic carbocycles. The summed E-state index contributed by atoms with van der Waals surface area (Å²) >= 11 is 0. The molecule has 0 spiro atoms. The molecule has 0 aliphatic heterocycles. The molecular formula is C22H22FN5O5S. The van der Waals surface area contributed by atoms with Crippen molar-refractivity contribution in [3.05, 3.63) is 65.7 Å². The Morgan fingerprint density at radius 1 is 1.09 bits per heavy atom. The van der Waals surface area contributed by atoms with Gasteiger partial charge in [0.1, 0.15) is 48.9 Å². The second kappa shape index (κ2) is 10.0. The van der Waals surface area contributed by atoms with E-state index in [0.29, 0.717) is 22.6 Å². The lowest BCUT2D eigenvalue weighted by atomic mass is 10.2. The van der Waals surface area contributed by atoms with Gasteiger partial charge in [-0.25, -0.2) is 14.4 Å². The quantitative estimate of drug-likeness (QED) is 0.255. The first-order chi connectivity index (χ1) is 16.3. The molecule has 0 unspecified atom stereocenters. The number of nitrogens with one attached hydrogen (secondary N) is 2. The number of nitrogens with zero attached hydrogens (tertiary/aromatic N) is 3. The summed E-state index contributed by atoms with van der Waals surface area (Å²) in [5.74, 6) is 1.02. The zero-order valence-electron chi connectivity index (χ0n) is 18.4. The number of fused-ring (bicyclic) bond motifs is 1. The third kappa shape index (κ3) is 5.97. The summed E-state index contributed by atoms with van der Waals surface area (Å²) in [4.78, 5) is 8.42. The molecule has 0 saturated heterocycles. The standard InChI is InChI=1S/C22H22FN5O5S/c1-14-10-17(6-7-18(14)32-12-15-4-3-5-16(23)11-15)26-20-19-21(25-13-24-20)27-28-22(19)31-8-9-33-34(2,29)30/h3-7,10-11,13H,8-9,12H2,1-2H3,(H2,24,25,26,27,28). The molecule has 4 aromatic rings. The summed E-state index contributed by atoms with van der Waals surface area (Å²) in [5, 5.41) is 10.6. The molecule has 178 valence electrons. The fraction of sp³-hybridized carbons (Fsp3) is 0.227. The predicted octanol–water partition coefficient (Wildman–Crippen LogP) is 3.48. The lowest BCUT2D eigenvalue weighted by Crippen LogP contribution is -2.11. The highest BCUT2D eigenvalue weighted by Crippen LogP contribution is 2.31. The van der Waals surface area contributed by atoms with E-state index in [1.807, 2.05) is 25.1 Å². The normalized spacial score (nSPS) is 11.5. The number of anilines is 2. The van der Waals surface area contributed by atoms with Crippen molar-refractivity contribution in [3.8, 4) is 11.6 Å². The van der Waals surface area contributed by atoms with E-state index in [9.17, 15) is 12.8 Å². The Kier molecular flexibility index (Phi) is 6.89. The number of aromatic amines is 1. The SMILES string of the molecule is Cc1cc(Nc2ncnc3[nH]nc(OCCOS(C)(=O)=O)c23)ccc1OCc1cccc(F)c1. The summed E-state index contributed by atoms with van der Waals surface area (Å²) in [6.45, 7) is 1.96. The van der Waals surface area contributed by atoms with Crippen LogP contribution in [0.4, 0.5) is 15.9 Å². The first-order valence-electron chi connectivity index (χ1n) is 10.2. The number of rotatable bonds is 10. The van der Waals surface area contributed by atoms with Crippen LogP contribution in [0.3, 0.4) is 0 Å². The van der Waals surface area contributed by atoms with Gasteiger partial charge in [0.2, 0.25) is 5.88 Å². The van der Waals surface area contributed by atoms with Gasteiger partial charge in [0.15, 0.2) is 5.65 Å². The van der Waals surface area contributed by atoms with Crippen molar-refractivity contribution < 1.29 is 26.5 Å². The predicted molar refractivity (Wildman–Crippen MR) is 123 cm³/mol. The Balaban J connectivity index is 1.46.